The number of carbonyl (C=O) groups is 1. The molecule has 6 nitrogen and oxygen atoms in total. The van der Waals surface area contributed by atoms with Crippen molar-refractivity contribution in [3.05, 3.63) is 59.9 Å². The van der Waals surface area contributed by atoms with Gasteiger partial charge in [0.2, 0.25) is 0 Å². The average molecular weight is 343 g/mol. The van der Waals surface area contributed by atoms with Gasteiger partial charge in [0.05, 0.1) is 18.8 Å². The number of phenolic OH excluding ortho intramolecular Hbond substituents is 1. The minimum atomic E-state index is -0.825. The minimum absolute atomic E-state index is 0.0527. The van der Waals surface area contributed by atoms with Crippen LogP contribution < -0.4 is 0 Å². The van der Waals surface area contributed by atoms with Gasteiger partial charge in [-0.05, 0) is 36.8 Å². The van der Waals surface area contributed by atoms with Crippen molar-refractivity contribution in [3.63, 3.8) is 0 Å². The van der Waals surface area contributed by atoms with E-state index in [1.807, 2.05) is 26.0 Å². The second-order valence-electron chi connectivity index (χ2n) is 6.22. The van der Waals surface area contributed by atoms with Crippen LogP contribution in [0.2, 0.25) is 0 Å². The second-order valence-corrected chi connectivity index (χ2v) is 6.22. The number of hydrogen-bond acceptors (Lipinski definition) is 6. The lowest BCUT2D eigenvalue weighted by Gasteiger charge is -2.41. The molecule has 1 fully saturated rings. The Balaban J connectivity index is 1.59. The number of nitrogens with zero attached hydrogens (tertiary/aromatic N) is 1. The van der Waals surface area contributed by atoms with Crippen LogP contribution in [-0.2, 0) is 14.2 Å². The number of hydrogen-bond donors (Lipinski definition) is 1. The highest BCUT2D eigenvalue weighted by molar-refractivity contribution is 5.89. The number of ether oxygens (including phenoxy) is 3. The van der Waals surface area contributed by atoms with Gasteiger partial charge < -0.3 is 19.3 Å². The van der Waals surface area contributed by atoms with E-state index in [4.69, 9.17) is 14.2 Å². The Bertz CT molecular complexity index is 708. The smallest absolute Gasteiger partial charge is 0.340 e. The van der Waals surface area contributed by atoms with E-state index in [1.165, 1.54) is 6.20 Å². The van der Waals surface area contributed by atoms with Crippen LogP contribution in [0.3, 0.4) is 0 Å². The van der Waals surface area contributed by atoms with Gasteiger partial charge >= 0.3 is 5.97 Å². The number of benzene rings is 1. The van der Waals surface area contributed by atoms with Gasteiger partial charge in [-0.3, -0.25) is 4.98 Å². The maximum absolute atomic E-state index is 12.1. The molecule has 2 aromatic rings. The summed E-state index contributed by atoms with van der Waals surface area (Å²) in [7, 11) is 0. The summed E-state index contributed by atoms with van der Waals surface area (Å²) in [6, 6.07) is 10.3. The maximum Gasteiger partial charge on any atom is 0.340 e. The molecule has 0 aliphatic carbocycles. The first-order valence-electron chi connectivity index (χ1n) is 8.16. The highest BCUT2D eigenvalue weighted by Gasteiger charge is 2.40. The quantitative estimate of drug-likeness (QED) is 0.860. The Labute approximate surface area is 146 Å². The molecule has 6 heteroatoms. The molecule has 1 atom stereocenters. The number of phenols is 1. The van der Waals surface area contributed by atoms with Crippen molar-refractivity contribution in [2.45, 2.75) is 31.7 Å². The zero-order valence-corrected chi connectivity index (χ0v) is 14.2. The number of rotatable bonds is 4. The molecule has 2 heterocycles. The minimum Gasteiger partial charge on any atom is -0.508 e. The monoisotopic (exact) mass is 343 g/mol. The Hall–Kier alpha value is -2.44. The van der Waals surface area contributed by atoms with Crippen LogP contribution in [0, 0.1) is 0 Å². The van der Waals surface area contributed by atoms with E-state index in [0.717, 1.165) is 5.56 Å². The van der Waals surface area contributed by atoms with Gasteiger partial charge in [0.15, 0.2) is 5.79 Å². The van der Waals surface area contributed by atoms with Crippen molar-refractivity contribution in [2.75, 3.05) is 13.2 Å². The van der Waals surface area contributed by atoms with Gasteiger partial charge in [-0.1, -0.05) is 19.1 Å². The average Bonchev–Trinajstić information content (AvgIpc) is 2.64. The number of pyridine rings is 1. The first-order chi connectivity index (χ1) is 12.0. The fourth-order valence-corrected chi connectivity index (χ4v) is 2.69. The lowest BCUT2D eigenvalue weighted by atomic mass is 9.92. The number of esters is 1. The fourth-order valence-electron chi connectivity index (χ4n) is 2.69. The van der Waals surface area contributed by atoms with Crippen LogP contribution in [0.1, 0.15) is 35.7 Å². The topological polar surface area (TPSA) is 77.9 Å². The molecule has 0 spiro atoms. The fraction of sp³-hybridized carbons (Fsp3) is 0.368. The summed E-state index contributed by atoms with van der Waals surface area (Å²) in [6.07, 6.45) is 2.59. The van der Waals surface area contributed by atoms with Crippen LogP contribution in [0.15, 0.2) is 48.8 Å². The summed E-state index contributed by atoms with van der Waals surface area (Å²) in [6.45, 7) is 4.37. The van der Waals surface area contributed by atoms with E-state index >= 15 is 0 Å². The molecule has 0 bridgehead atoms. The summed E-state index contributed by atoms with van der Waals surface area (Å²) in [4.78, 5) is 16.0. The Morgan fingerprint density at radius 2 is 1.96 bits per heavy atom. The molecule has 1 aliphatic heterocycles. The summed E-state index contributed by atoms with van der Waals surface area (Å²) in [5.41, 5.74) is 1.39. The van der Waals surface area contributed by atoms with Crippen LogP contribution in [0.4, 0.5) is 0 Å². The third-order valence-corrected chi connectivity index (χ3v) is 4.46. The molecule has 1 saturated heterocycles. The molecule has 0 amide bonds. The molecule has 0 saturated carbocycles. The van der Waals surface area contributed by atoms with E-state index in [2.05, 4.69) is 4.98 Å². The molecule has 25 heavy (non-hydrogen) atoms. The number of aromatic nitrogens is 1. The maximum atomic E-state index is 12.1. The molecule has 132 valence electrons. The standard InChI is InChI=1S/C19H21NO5/c1-13(14-5-7-16(21)8-6-14)19(2)23-11-17(12-24-19)25-18(22)15-4-3-9-20-10-15/h3-10,13,17,21H,11-12H2,1-2H3. The van der Waals surface area contributed by atoms with Crippen molar-refractivity contribution in [3.8, 4) is 5.75 Å². The summed E-state index contributed by atoms with van der Waals surface area (Å²) in [5, 5.41) is 9.41. The molecular weight excluding hydrogens is 322 g/mol. The second kappa shape index (κ2) is 7.21. The van der Waals surface area contributed by atoms with Gasteiger partial charge in [0, 0.05) is 18.3 Å². The highest BCUT2D eigenvalue weighted by atomic mass is 16.7. The number of carbonyl (C=O) groups excluding carboxylic acids is 1. The van der Waals surface area contributed by atoms with Crippen molar-refractivity contribution in [2.24, 2.45) is 0 Å². The highest BCUT2D eigenvalue weighted by Crippen LogP contribution is 2.35. The SMILES string of the molecule is CC(c1ccc(O)cc1)C1(C)OCC(OC(=O)c2cccnc2)CO1. The lowest BCUT2D eigenvalue weighted by molar-refractivity contribution is -0.291. The molecule has 1 N–H and O–H groups in total. The van der Waals surface area contributed by atoms with Crippen molar-refractivity contribution >= 4 is 5.97 Å². The molecule has 1 aliphatic rings. The third kappa shape index (κ3) is 3.97. The summed E-state index contributed by atoms with van der Waals surface area (Å²) in [5.74, 6) is -1.11. The molecular formula is C19H21NO5. The van der Waals surface area contributed by atoms with Crippen LogP contribution in [0.25, 0.3) is 0 Å². The van der Waals surface area contributed by atoms with E-state index in [0.29, 0.717) is 5.56 Å². The van der Waals surface area contributed by atoms with Gasteiger partial charge in [-0.25, -0.2) is 4.79 Å². The van der Waals surface area contributed by atoms with Crippen LogP contribution >= 0.6 is 0 Å². The normalized spacial score (nSPS) is 24.5. The van der Waals surface area contributed by atoms with E-state index in [-0.39, 0.29) is 24.9 Å². The predicted molar refractivity (Wildman–Crippen MR) is 90.3 cm³/mol. The summed E-state index contributed by atoms with van der Waals surface area (Å²) >= 11 is 0. The van der Waals surface area contributed by atoms with Gasteiger partial charge in [0.1, 0.15) is 11.9 Å². The zero-order chi connectivity index (χ0) is 17.9. The van der Waals surface area contributed by atoms with Crippen molar-refractivity contribution in [1.82, 2.24) is 4.98 Å². The Kier molecular flexibility index (Phi) is 5.01. The largest absolute Gasteiger partial charge is 0.508 e. The molecule has 1 aromatic carbocycles. The van der Waals surface area contributed by atoms with Gasteiger partial charge in [-0.2, -0.15) is 0 Å². The lowest BCUT2D eigenvalue weighted by Crippen LogP contribution is -2.48. The van der Waals surface area contributed by atoms with E-state index < -0.39 is 17.9 Å². The molecule has 3 rings (SSSR count). The molecule has 1 unspecified atom stereocenters. The van der Waals surface area contributed by atoms with Crippen molar-refractivity contribution < 1.29 is 24.1 Å². The molecule has 0 radical (unpaired) electrons. The van der Waals surface area contributed by atoms with Gasteiger partial charge in [0.25, 0.3) is 0 Å². The molecule has 1 aromatic heterocycles. The van der Waals surface area contributed by atoms with Crippen molar-refractivity contribution in [1.29, 1.82) is 0 Å². The van der Waals surface area contributed by atoms with Crippen LogP contribution in [0.5, 0.6) is 5.75 Å². The zero-order valence-electron chi connectivity index (χ0n) is 14.2. The first kappa shape index (κ1) is 17.4. The Morgan fingerprint density at radius 1 is 1.28 bits per heavy atom. The predicted octanol–water partition coefficient (Wildman–Crippen LogP) is 2.88. The van der Waals surface area contributed by atoms with E-state index in [9.17, 15) is 9.90 Å². The van der Waals surface area contributed by atoms with Crippen LogP contribution in [-0.4, -0.2) is 41.2 Å². The Morgan fingerprint density at radius 3 is 2.56 bits per heavy atom. The first-order valence-corrected chi connectivity index (χ1v) is 8.16. The number of aromatic hydroxyl groups is 1. The van der Waals surface area contributed by atoms with Gasteiger partial charge in [-0.15, -0.1) is 0 Å². The summed E-state index contributed by atoms with van der Waals surface area (Å²) < 4.78 is 17.2. The van der Waals surface area contributed by atoms with E-state index in [1.54, 1.807) is 30.5 Å². The third-order valence-electron chi connectivity index (χ3n) is 4.46.